The number of amides is 2. The van der Waals surface area contributed by atoms with Crippen molar-refractivity contribution in [2.45, 2.75) is 102 Å². The molecule has 22 heteroatoms. The van der Waals surface area contributed by atoms with Gasteiger partial charge in [0.2, 0.25) is 0 Å². The van der Waals surface area contributed by atoms with E-state index in [4.69, 9.17) is 41.5 Å². The van der Waals surface area contributed by atoms with Gasteiger partial charge in [0.1, 0.15) is 53.9 Å². The molecule has 422 valence electrons. The lowest BCUT2D eigenvalue weighted by Gasteiger charge is -2.41. The van der Waals surface area contributed by atoms with E-state index in [0.717, 1.165) is 61.2 Å². The second-order valence-electron chi connectivity index (χ2n) is 22.5. The third kappa shape index (κ3) is 8.21. The van der Waals surface area contributed by atoms with E-state index in [-0.39, 0.29) is 103 Å². The first-order valence-corrected chi connectivity index (χ1v) is 28.8. The summed E-state index contributed by atoms with van der Waals surface area (Å²) in [5.74, 6) is -2.99. The summed E-state index contributed by atoms with van der Waals surface area (Å²) in [5.41, 5.74) is 10.8. The molecule has 0 saturated carbocycles. The van der Waals surface area contributed by atoms with Crippen molar-refractivity contribution in [1.29, 1.82) is 5.26 Å². The Morgan fingerprint density at radius 1 is 1.04 bits per heavy atom. The molecule has 17 nitrogen and oxygen atoms in total. The number of thiophene rings is 1. The Hall–Kier alpha value is -7.80. The van der Waals surface area contributed by atoms with Crippen molar-refractivity contribution in [1.82, 2.24) is 34.2 Å². The second kappa shape index (κ2) is 20.0. The SMILES string of the molecule is C=C(COC(=O)N(C)C1CCc2c(C)c(F)cc3nc4c(c1c23)Cn1c-4cc2c(c1=O)COC(=O)C2CC)C(=O)N1CCN(c2nc(OCC34CCCN3CCC4)nc3c(F)c(-c4ccc(F)c5sc(N)c(C#N)c45)c(Cl)cc23)[C@@H](C)C1. The van der Waals surface area contributed by atoms with Crippen LogP contribution in [0.25, 0.3) is 54.4 Å². The first-order chi connectivity index (χ1) is 39.4. The minimum atomic E-state index is -0.824. The van der Waals surface area contributed by atoms with Gasteiger partial charge in [0.15, 0.2) is 5.82 Å². The number of esters is 1. The number of piperazine rings is 1. The van der Waals surface area contributed by atoms with Crippen LogP contribution in [0, 0.1) is 35.7 Å². The van der Waals surface area contributed by atoms with Gasteiger partial charge < -0.3 is 39.2 Å². The summed E-state index contributed by atoms with van der Waals surface area (Å²) in [6.07, 6.45) is 4.48. The molecule has 5 aliphatic heterocycles. The molecule has 2 amide bonds. The van der Waals surface area contributed by atoms with Crippen LogP contribution in [0.15, 0.2) is 47.3 Å². The maximum Gasteiger partial charge on any atom is 0.410 e. The number of nitrogens with two attached hydrogens (primary N) is 1. The number of aromatic nitrogens is 4. The Kier molecular flexibility index (Phi) is 13.0. The van der Waals surface area contributed by atoms with Crippen molar-refractivity contribution in [2.75, 3.05) is 63.6 Å². The zero-order chi connectivity index (χ0) is 57.4. The maximum atomic E-state index is 17.5. The number of nitrogens with zero attached hydrogens (tertiary/aromatic N) is 9. The molecule has 7 aromatic rings. The normalized spacial score (nSPS) is 19.7. The van der Waals surface area contributed by atoms with Crippen LogP contribution in [0.5, 0.6) is 6.01 Å². The van der Waals surface area contributed by atoms with Crippen molar-refractivity contribution in [3.05, 3.63) is 114 Å². The number of nitriles is 1. The summed E-state index contributed by atoms with van der Waals surface area (Å²) in [7, 11) is 1.61. The number of aryl methyl sites for hydroxylation is 1. The molecule has 13 rings (SSSR count). The van der Waals surface area contributed by atoms with E-state index in [1.165, 1.54) is 23.1 Å². The van der Waals surface area contributed by atoms with Crippen LogP contribution in [0.1, 0.15) is 103 Å². The van der Waals surface area contributed by atoms with Crippen molar-refractivity contribution in [3.63, 3.8) is 0 Å². The number of fused-ring (bicyclic) bond motifs is 8. The van der Waals surface area contributed by atoms with E-state index in [2.05, 4.69) is 16.5 Å². The van der Waals surface area contributed by atoms with E-state index in [1.807, 2.05) is 30.9 Å². The average molecular weight is 1150 g/mol. The van der Waals surface area contributed by atoms with Crippen molar-refractivity contribution < 1.29 is 41.8 Å². The fourth-order valence-electron chi connectivity index (χ4n) is 13.9. The maximum absolute atomic E-state index is 17.5. The number of rotatable bonds is 10. The molecule has 0 spiro atoms. The van der Waals surface area contributed by atoms with Gasteiger partial charge in [0.25, 0.3) is 11.5 Å². The number of hydrogen-bond donors (Lipinski definition) is 1. The highest BCUT2D eigenvalue weighted by atomic mass is 35.5. The minimum Gasteiger partial charge on any atom is -0.461 e. The quantitative estimate of drug-likeness (QED) is 0.100. The Labute approximate surface area is 477 Å². The molecular weight excluding hydrogens is 1100 g/mol. The number of ether oxygens (including phenoxy) is 3. The van der Waals surface area contributed by atoms with Gasteiger partial charge in [0, 0.05) is 71.6 Å². The highest BCUT2D eigenvalue weighted by Gasteiger charge is 2.46. The number of benzene rings is 3. The summed E-state index contributed by atoms with van der Waals surface area (Å²) in [6.45, 7) is 11.9. The molecule has 82 heavy (non-hydrogen) atoms. The monoisotopic (exact) mass is 1150 g/mol. The molecule has 6 aliphatic rings. The topological polar surface area (TPSA) is 202 Å². The molecule has 2 N–H and O–H groups in total. The first kappa shape index (κ1) is 53.5. The molecule has 3 aromatic carbocycles. The minimum absolute atomic E-state index is 0.0115. The number of carbonyl (C=O) groups is 3. The number of cyclic esters (lactones) is 1. The highest BCUT2D eigenvalue weighted by Crippen LogP contribution is 2.49. The van der Waals surface area contributed by atoms with Crippen LogP contribution >= 0.6 is 22.9 Å². The summed E-state index contributed by atoms with van der Waals surface area (Å²) in [5, 5.41) is 11.3. The van der Waals surface area contributed by atoms with E-state index in [9.17, 15) is 24.4 Å². The molecule has 1 aliphatic carbocycles. The standard InChI is InChI=1S/C60H56ClF3N10O7S/c1-6-31-34-20-44-50-37(24-74(44)56(76)38(34)26-79-57(31)77)48-43(12-10-32-30(4)41(63)21-42(67-50)47(32)48)70(5)59(78)80-25-28(2)55(75)71-17-18-73(29(3)23-71)54-35-19-39(61)46(33-9-11-40(62)52-45(33)36(22-65)53(66)82-52)49(64)51(35)68-58(69-54)81-27-60-13-7-15-72(60)16-8-14-60/h9,11,19-21,29,31,43H,2,6-8,10,12-18,23-27,66H2,1,3-5H3/t29-,31?,43?/m0/s1. The van der Waals surface area contributed by atoms with Crippen LogP contribution in [-0.2, 0) is 38.6 Å². The molecule has 2 unspecified atom stereocenters. The van der Waals surface area contributed by atoms with Crippen LogP contribution in [0.3, 0.4) is 0 Å². The number of nitrogen functional groups attached to an aromatic ring is 1. The fourth-order valence-corrected chi connectivity index (χ4v) is 15.2. The number of halogens is 4. The number of anilines is 2. The predicted octanol–water partition coefficient (Wildman–Crippen LogP) is 9.99. The van der Waals surface area contributed by atoms with Crippen molar-refractivity contribution in [3.8, 4) is 34.6 Å². The third-order valence-corrected chi connectivity index (χ3v) is 19.4. The zero-order valence-electron chi connectivity index (χ0n) is 45.5. The highest BCUT2D eigenvalue weighted by molar-refractivity contribution is 7.23. The fraction of sp³-hybridized carbons (Fsp3) is 0.400. The van der Waals surface area contributed by atoms with Crippen LogP contribution in [0.4, 0.5) is 28.8 Å². The van der Waals surface area contributed by atoms with Crippen LogP contribution < -0.4 is 20.9 Å². The summed E-state index contributed by atoms with van der Waals surface area (Å²) in [6, 6.07) is 8.32. The van der Waals surface area contributed by atoms with Crippen molar-refractivity contribution >= 4 is 83.6 Å². The van der Waals surface area contributed by atoms with E-state index in [1.54, 1.807) is 29.5 Å². The van der Waals surface area contributed by atoms with Gasteiger partial charge in [0.05, 0.1) is 61.8 Å². The molecule has 3 saturated heterocycles. The third-order valence-electron chi connectivity index (χ3n) is 18.1. The van der Waals surface area contributed by atoms with Gasteiger partial charge >= 0.3 is 18.1 Å². The summed E-state index contributed by atoms with van der Waals surface area (Å²) < 4.78 is 67.8. The molecular formula is C60H56ClF3N10O7S. The van der Waals surface area contributed by atoms with Crippen molar-refractivity contribution in [2.24, 2.45) is 0 Å². The average Bonchev–Trinajstić information content (AvgIpc) is 4.10. The number of pyridine rings is 2. The van der Waals surface area contributed by atoms with E-state index < -0.39 is 60.0 Å². The largest absolute Gasteiger partial charge is 0.461 e. The lowest BCUT2D eigenvalue weighted by atomic mass is 9.81. The molecule has 0 bridgehead atoms. The lowest BCUT2D eigenvalue weighted by Crippen LogP contribution is -2.54. The molecule has 3 fully saturated rings. The van der Waals surface area contributed by atoms with Gasteiger partial charge in [-0.05, 0) is 118 Å². The Bertz CT molecular complexity index is 4100. The molecule has 4 aromatic heterocycles. The molecule has 3 atom stereocenters. The van der Waals surface area contributed by atoms with Gasteiger partial charge in [-0.25, -0.2) is 22.9 Å². The predicted molar refractivity (Wildman–Crippen MR) is 303 cm³/mol. The van der Waals surface area contributed by atoms with Gasteiger partial charge in [-0.15, -0.1) is 11.3 Å². The van der Waals surface area contributed by atoms with Gasteiger partial charge in [-0.3, -0.25) is 19.3 Å². The Morgan fingerprint density at radius 2 is 1.82 bits per heavy atom. The van der Waals surface area contributed by atoms with E-state index >= 15 is 13.2 Å². The second-order valence-corrected chi connectivity index (χ2v) is 23.9. The lowest BCUT2D eigenvalue weighted by molar-refractivity contribution is -0.148. The number of hydrogen-bond acceptors (Lipinski definition) is 15. The zero-order valence-corrected chi connectivity index (χ0v) is 47.1. The van der Waals surface area contributed by atoms with Gasteiger partial charge in [-0.1, -0.05) is 31.2 Å². The van der Waals surface area contributed by atoms with Crippen LogP contribution in [-0.4, -0.2) is 117 Å². The first-order valence-electron chi connectivity index (χ1n) is 27.6. The summed E-state index contributed by atoms with van der Waals surface area (Å²) >= 11 is 7.92. The molecule has 0 radical (unpaired) electrons. The Morgan fingerprint density at radius 3 is 2.56 bits per heavy atom. The smallest absolute Gasteiger partial charge is 0.410 e. The van der Waals surface area contributed by atoms with Gasteiger partial charge in [-0.2, -0.15) is 15.2 Å². The van der Waals surface area contributed by atoms with E-state index in [0.29, 0.717) is 76.2 Å². The van der Waals surface area contributed by atoms with Crippen LogP contribution in [0.2, 0.25) is 5.02 Å². The Balaban J connectivity index is 0.754. The summed E-state index contributed by atoms with van der Waals surface area (Å²) in [4.78, 5) is 77.5. The number of carbonyl (C=O) groups excluding carboxylic acids is 3. The molecule has 9 heterocycles.